The molecule has 1 aliphatic heterocycles. The normalized spacial score (nSPS) is 15.9. The molecule has 3 aromatic rings. The largest absolute Gasteiger partial charge is 0.494 e. The summed E-state index contributed by atoms with van der Waals surface area (Å²) in [5.41, 5.74) is 3.17. The van der Waals surface area contributed by atoms with Crippen LogP contribution >= 0.6 is 0 Å². The number of likely N-dealkylation sites (tertiary alicyclic amines) is 1. The van der Waals surface area contributed by atoms with Crippen molar-refractivity contribution in [2.24, 2.45) is 0 Å². The number of nitriles is 2. The van der Waals surface area contributed by atoms with Crippen LogP contribution in [-0.2, 0) is 10.0 Å². The van der Waals surface area contributed by atoms with Gasteiger partial charge in [-0.1, -0.05) is 24.3 Å². The highest BCUT2D eigenvalue weighted by atomic mass is 32.2. The zero-order valence-corrected chi connectivity index (χ0v) is 21.0. The van der Waals surface area contributed by atoms with Gasteiger partial charge in [-0.25, -0.2) is 8.42 Å². The quantitative estimate of drug-likeness (QED) is 0.398. The van der Waals surface area contributed by atoms with Gasteiger partial charge in [-0.3, -0.25) is 4.90 Å². The summed E-state index contributed by atoms with van der Waals surface area (Å²) >= 11 is 0. The molecule has 1 aliphatic rings. The van der Waals surface area contributed by atoms with Gasteiger partial charge in [0.2, 0.25) is 10.0 Å². The summed E-state index contributed by atoms with van der Waals surface area (Å²) in [5.74, 6) is 0.783. The Bertz CT molecular complexity index is 1360. The Hall–Kier alpha value is -3.69. The van der Waals surface area contributed by atoms with Crippen molar-refractivity contribution < 1.29 is 13.2 Å². The average molecular weight is 501 g/mol. The van der Waals surface area contributed by atoms with Crippen LogP contribution in [0.25, 0.3) is 11.1 Å². The Morgan fingerprint density at radius 1 is 0.917 bits per heavy atom. The number of ether oxygens (including phenoxy) is 1. The highest BCUT2D eigenvalue weighted by Crippen LogP contribution is 2.26. The molecule has 0 bridgehead atoms. The summed E-state index contributed by atoms with van der Waals surface area (Å²) in [6.07, 6.45) is 2.30. The topological polar surface area (TPSA) is 97.4 Å². The second kappa shape index (κ2) is 11.4. The van der Waals surface area contributed by atoms with Crippen molar-refractivity contribution in [2.75, 3.05) is 26.7 Å². The average Bonchev–Trinajstić information content (AvgIpc) is 3.39. The summed E-state index contributed by atoms with van der Waals surface area (Å²) < 4.78 is 33.6. The minimum absolute atomic E-state index is 0.197. The van der Waals surface area contributed by atoms with Crippen LogP contribution in [0.3, 0.4) is 0 Å². The van der Waals surface area contributed by atoms with Crippen LogP contribution in [0.5, 0.6) is 5.75 Å². The van der Waals surface area contributed by atoms with Gasteiger partial charge in [-0.05, 0) is 85.5 Å². The minimum Gasteiger partial charge on any atom is -0.494 e. The zero-order chi connectivity index (χ0) is 25.5. The molecule has 0 aliphatic carbocycles. The van der Waals surface area contributed by atoms with Crippen LogP contribution < -0.4 is 4.74 Å². The molecule has 184 valence electrons. The van der Waals surface area contributed by atoms with Gasteiger partial charge in [-0.15, -0.1) is 0 Å². The lowest BCUT2D eigenvalue weighted by Gasteiger charge is -2.31. The molecule has 0 spiro atoms. The van der Waals surface area contributed by atoms with Gasteiger partial charge in [0.1, 0.15) is 5.75 Å². The third-order valence-corrected chi connectivity index (χ3v) is 8.34. The molecule has 1 saturated heterocycles. The van der Waals surface area contributed by atoms with Gasteiger partial charge in [-0.2, -0.15) is 14.8 Å². The molecule has 0 N–H and O–H groups in total. The second-order valence-electron chi connectivity index (χ2n) is 8.73. The molecule has 1 unspecified atom stereocenters. The second-order valence-corrected chi connectivity index (χ2v) is 10.7. The van der Waals surface area contributed by atoms with E-state index in [-0.39, 0.29) is 11.1 Å². The highest BCUT2D eigenvalue weighted by Gasteiger charge is 2.34. The molecule has 0 amide bonds. The van der Waals surface area contributed by atoms with E-state index in [0.29, 0.717) is 17.7 Å². The van der Waals surface area contributed by atoms with Gasteiger partial charge in [0.25, 0.3) is 0 Å². The van der Waals surface area contributed by atoms with E-state index < -0.39 is 10.0 Å². The molecule has 0 saturated carbocycles. The molecule has 0 radical (unpaired) electrons. The maximum atomic E-state index is 13.1. The first-order valence-corrected chi connectivity index (χ1v) is 13.3. The van der Waals surface area contributed by atoms with Crippen molar-refractivity contribution in [3.63, 3.8) is 0 Å². The summed E-state index contributed by atoms with van der Waals surface area (Å²) in [7, 11) is -2.02. The molecule has 1 atom stereocenters. The molecular formula is C28H28N4O3S. The summed E-state index contributed by atoms with van der Waals surface area (Å²) in [6.45, 7) is 2.12. The van der Waals surface area contributed by atoms with E-state index in [1.165, 1.54) is 28.6 Å². The molecular weight excluding hydrogens is 472 g/mol. The zero-order valence-electron chi connectivity index (χ0n) is 20.2. The Balaban J connectivity index is 1.29. The standard InChI is InChI=1S/C28H28N4O3S/c1-31(36(33,34)27-15-7-23(21-30)8-16-27)28-4-2-17-32(28)18-3-19-35-26-13-11-25(12-14-26)24-9-5-22(20-29)6-10-24/h5-16,28H,2-4,17-19H2,1H3. The first-order valence-electron chi connectivity index (χ1n) is 11.9. The molecule has 1 heterocycles. The molecule has 4 rings (SSSR count). The predicted octanol–water partition coefficient (Wildman–Crippen LogP) is 4.61. The highest BCUT2D eigenvalue weighted by molar-refractivity contribution is 7.89. The molecule has 0 aromatic heterocycles. The van der Waals surface area contributed by atoms with Crippen molar-refractivity contribution >= 4 is 10.0 Å². The van der Waals surface area contributed by atoms with Crippen LogP contribution in [0.1, 0.15) is 30.4 Å². The van der Waals surface area contributed by atoms with Crippen LogP contribution in [0.4, 0.5) is 0 Å². The summed E-state index contributed by atoms with van der Waals surface area (Å²) in [4.78, 5) is 2.39. The maximum absolute atomic E-state index is 13.1. The summed E-state index contributed by atoms with van der Waals surface area (Å²) in [6, 6.07) is 25.5. The lowest BCUT2D eigenvalue weighted by Crippen LogP contribution is -2.45. The van der Waals surface area contributed by atoms with Gasteiger partial charge in [0.15, 0.2) is 0 Å². The number of hydrogen-bond donors (Lipinski definition) is 0. The van der Waals surface area contributed by atoms with Crippen LogP contribution in [-0.4, -0.2) is 50.5 Å². The van der Waals surface area contributed by atoms with E-state index in [9.17, 15) is 8.42 Å². The van der Waals surface area contributed by atoms with Gasteiger partial charge >= 0.3 is 0 Å². The van der Waals surface area contributed by atoms with E-state index in [0.717, 1.165) is 49.2 Å². The molecule has 1 fully saturated rings. The van der Waals surface area contributed by atoms with Crippen molar-refractivity contribution in [3.8, 4) is 29.0 Å². The van der Waals surface area contributed by atoms with Crippen LogP contribution in [0.2, 0.25) is 0 Å². The molecule has 3 aromatic carbocycles. The minimum atomic E-state index is -3.65. The monoisotopic (exact) mass is 500 g/mol. The summed E-state index contributed by atoms with van der Waals surface area (Å²) in [5, 5.41) is 17.9. The van der Waals surface area contributed by atoms with E-state index in [2.05, 4.69) is 11.0 Å². The molecule has 8 heteroatoms. The van der Waals surface area contributed by atoms with E-state index in [4.69, 9.17) is 15.3 Å². The van der Waals surface area contributed by atoms with Crippen LogP contribution in [0.15, 0.2) is 77.7 Å². The van der Waals surface area contributed by atoms with Gasteiger partial charge < -0.3 is 4.74 Å². The van der Waals surface area contributed by atoms with Gasteiger partial charge in [0.05, 0.1) is 40.9 Å². The fraction of sp³-hybridized carbons (Fsp3) is 0.286. The molecule has 36 heavy (non-hydrogen) atoms. The lowest BCUT2D eigenvalue weighted by atomic mass is 10.0. The number of rotatable bonds is 9. The lowest BCUT2D eigenvalue weighted by molar-refractivity contribution is 0.149. The van der Waals surface area contributed by atoms with Crippen molar-refractivity contribution in [2.45, 2.75) is 30.3 Å². The Labute approximate surface area is 212 Å². The predicted molar refractivity (Wildman–Crippen MR) is 137 cm³/mol. The first-order chi connectivity index (χ1) is 17.4. The molecule has 7 nitrogen and oxygen atoms in total. The van der Waals surface area contributed by atoms with Crippen molar-refractivity contribution in [1.29, 1.82) is 10.5 Å². The maximum Gasteiger partial charge on any atom is 0.244 e. The number of hydrogen-bond acceptors (Lipinski definition) is 6. The Morgan fingerprint density at radius 2 is 1.47 bits per heavy atom. The van der Waals surface area contributed by atoms with Crippen molar-refractivity contribution in [1.82, 2.24) is 9.21 Å². The fourth-order valence-corrected chi connectivity index (χ4v) is 5.82. The van der Waals surface area contributed by atoms with Crippen LogP contribution in [0, 0.1) is 22.7 Å². The Morgan fingerprint density at radius 3 is 2.06 bits per heavy atom. The van der Waals surface area contributed by atoms with E-state index >= 15 is 0 Å². The van der Waals surface area contributed by atoms with Crippen molar-refractivity contribution in [3.05, 3.63) is 83.9 Å². The Kier molecular flexibility index (Phi) is 8.02. The third-order valence-electron chi connectivity index (χ3n) is 6.47. The smallest absolute Gasteiger partial charge is 0.244 e. The number of benzene rings is 3. The first kappa shape index (κ1) is 25.4. The van der Waals surface area contributed by atoms with E-state index in [1.54, 1.807) is 19.2 Å². The SMILES string of the molecule is CN(C1CCCN1CCCOc1ccc(-c2ccc(C#N)cc2)cc1)S(=O)(=O)c1ccc(C#N)cc1. The van der Waals surface area contributed by atoms with E-state index in [1.807, 2.05) is 42.5 Å². The third kappa shape index (κ3) is 5.75. The van der Waals surface area contributed by atoms with Gasteiger partial charge in [0, 0.05) is 13.6 Å². The number of nitrogens with zero attached hydrogens (tertiary/aromatic N) is 4. The fourth-order valence-electron chi connectivity index (χ4n) is 4.45. The number of sulfonamides is 1.